The van der Waals surface area contributed by atoms with E-state index in [-0.39, 0.29) is 5.82 Å². The summed E-state index contributed by atoms with van der Waals surface area (Å²) < 4.78 is 12.7. The van der Waals surface area contributed by atoms with Crippen molar-refractivity contribution < 1.29 is 4.39 Å². The molecule has 1 heterocycles. The van der Waals surface area contributed by atoms with E-state index in [1.165, 1.54) is 31.5 Å². The Morgan fingerprint density at radius 3 is 2.62 bits per heavy atom. The zero-order chi connectivity index (χ0) is 12.0. The van der Waals surface area contributed by atoms with Crippen molar-refractivity contribution in [3.8, 4) is 0 Å². The summed E-state index contributed by atoms with van der Waals surface area (Å²) in [5.74, 6) is -0.314. The van der Waals surface area contributed by atoms with Crippen molar-refractivity contribution in [2.24, 2.45) is 5.73 Å². The molecule has 2 nitrogen and oxygen atoms in total. The maximum Gasteiger partial charge on any atom is 0.141 e. The Kier molecular flexibility index (Phi) is 4.87. The molecule has 3 heteroatoms. The number of nitrogens with two attached hydrogens (primary N) is 1. The second-order valence-corrected chi connectivity index (χ2v) is 4.59. The monoisotopic (exact) mass is 224 g/mol. The molecule has 0 aliphatic carbocycles. The number of nitrogens with zero attached hydrogens (tertiary/aromatic N) is 1. The normalized spacial score (nSPS) is 14.8. The Morgan fingerprint density at radius 2 is 2.06 bits per heavy atom. The molecule has 1 rings (SSSR count). The molecular weight excluding hydrogens is 203 g/mol. The third kappa shape index (κ3) is 3.89. The summed E-state index contributed by atoms with van der Waals surface area (Å²) >= 11 is 0. The fourth-order valence-corrected chi connectivity index (χ4v) is 1.76. The Hall–Kier alpha value is -0.960. The number of pyridine rings is 1. The molecule has 0 aromatic carbocycles. The molecule has 0 amide bonds. The van der Waals surface area contributed by atoms with E-state index in [1.807, 2.05) is 6.92 Å². The van der Waals surface area contributed by atoms with Gasteiger partial charge < -0.3 is 5.73 Å². The number of unbranched alkanes of at least 4 members (excludes halogenated alkanes) is 3. The van der Waals surface area contributed by atoms with Crippen molar-refractivity contribution in [2.45, 2.75) is 51.5 Å². The maximum atomic E-state index is 12.7. The first-order chi connectivity index (χ1) is 7.56. The van der Waals surface area contributed by atoms with Gasteiger partial charge in [0.25, 0.3) is 0 Å². The summed E-state index contributed by atoms with van der Waals surface area (Å²) in [6, 6.07) is 3.09. The predicted molar refractivity (Wildman–Crippen MR) is 64.5 cm³/mol. The molecule has 1 atom stereocenters. The summed E-state index contributed by atoms with van der Waals surface area (Å²) in [4.78, 5) is 4.05. The van der Waals surface area contributed by atoms with Gasteiger partial charge in [0.1, 0.15) is 5.82 Å². The van der Waals surface area contributed by atoms with Crippen LogP contribution in [0.3, 0.4) is 0 Å². The van der Waals surface area contributed by atoms with E-state index in [0.717, 1.165) is 18.5 Å². The average molecular weight is 224 g/mol. The minimum Gasteiger partial charge on any atom is -0.320 e. The lowest BCUT2D eigenvalue weighted by molar-refractivity contribution is 0.412. The number of rotatable bonds is 6. The Labute approximate surface area is 97.1 Å². The molecule has 2 N–H and O–H groups in total. The van der Waals surface area contributed by atoms with Crippen LogP contribution in [-0.2, 0) is 5.54 Å². The van der Waals surface area contributed by atoms with E-state index in [2.05, 4.69) is 11.9 Å². The second-order valence-electron chi connectivity index (χ2n) is 4.59. The lowest BCUT2D eigenvalue weighted by Crippen LogP contribution is -2.33. The number of aromatic nitrogens is 1. The van der Waals surface area contributed by atoms with Crippen molar-refractivity contribution in [1.82, 2.24) is 4.98 Å². The molecule has 0 aliphatic heterocycles. The fraction of sp³-hybridized carbons (Fsp3) is 0.615. The van der Waals surface area contributed by atoms with Crippen molar-refractivity contribution in [2.75, 3.05) is 0 Å². The van der Waals surface area contributed by atoms with E-state index >= 15 is 0 Å². The van der Waals surface area contributed by atoms with Gasteiger partial charge in [-0.2, -0.15) is 0 Å². The smallest absolute Gasteiger partial charge is 0.141 e. The first-order valence-corrected chi connectivity index (χ1v) is 5.97. The molecule has 1 aromatic rings. The van der Waals surface area contributed by atoms with Crippen LogP contribution in [0.1, 0.15) is 51.6 Å². The van der Waals surface area contributed by atoms with Gasteiger partial charge in [-0.15, -0.1) is 0 Å². The van der Waals surface area contributed by atoms with E-state index < -0.39 is 5.54 Å². The average Bonchev–Trinajstić information content (AvgIpc) is 2.25. The lowest BCUT2D eigenvalue weighted by Gasteiger charge is -2.23. The molecule has 0 fully saturated rings. The minimum atomic E-state index is -0.443. The molecule has 90 valence electrons. The zero-order valence-corrected chi connectivity index (χ0v) is 10.2. The van der Waals surface area contributed by atoms with Crippen LogP contribution in [0.5, 0.6) is 0 Å². The lowest BCUT2D eigenvalue weighted by atomic mass is 9.91. The highest BCUT2D eigenvalue weighted by atomic mass is 19.1. The van der Waals surface area contributed by atoms with Gasteiger partial charge in [0.2, 0.25) is 0 Å². The van der Waals surface area contributed by atoms with E-state index in [0.29, 0.717) is 0 Å². The largest absolute Gasteiger partial charge is 0.320 e. The predicted octanol–water partition coefficient (Wildman–Crippen LogP) is 3.37. The van der Waals surface area contributed by atoms with Gasteiger partial charge in [-0.1, -0.05) is 32.6 Å². The molecule has 0 radical (unpaired) electrons. The quantitative estimate of drug-likeness (QED) is 0.752. The third-order valence-corrected chi connectivity index (χ3v) is 2.86. The van der Waals surface area contributed by atoms with Crippen molar-refractivity contribution in [3.63, 3.8) is 0 Å². The summed E-state index contributed by atoms with van der Waals surface area (Å²) in [7, 11) is 0. The molecule has 0 saturated heterocycles. The number of hydrogen-bond donors (Lipinski definition) is 1. The topological polar surface area (TPSA) is 38.9 Å². The highest BCUT2D eigenvalue weighted by Gasteiger charge is 2.21. The minimum absolute atomic E-state index is 0.314. The molecule has 0 saturated carbocycles. The summed E-state index contributed by atoms with van der Waals surface area (Å²) in [5.41, 5.74) is 6.51. The summed E-state index contributed by atoms with van der Waals surface area (Å²) in [6.07, 6.45) is 6.88. The number of hydrogen-bond acceptors (Lipinski definition) is 2. The van der Waals surface area contributed by atoms with Gasteiger partial charge >= 0.3 is 0 Å². The van der Waals surface area contributed by atoms with Gasteiger partial charge in [0.05, 0.1) is 17.4 Å². The van der Waals surface area contributed by atoms with Crippen molar-refractivity contribution in [1.29, 1.82) is 0 Å². The van der Waals surface area contributed by atoms with Gasteiger partial charge in [0, 0.05) is 0 Å². The van der Waals surface area contributed by atoms with Crippen molar-refractivity contribution >= 4 is 0 Å². The van der Waals surface area contributed by atoms with Crippen LogP contribution < -0.4 is 5.73 Å². The van der Waals surface area contributed by atoms with Crippen molar-refractivity contribution in [3.05, 3.63) is 29.8 Å². The molecular formula is C13H21FN2. The highest BCUT2D eigenvalue weighted by molar-refractivity contribution is 5.14. The number of halogens is 1. The Bertz CT molecular complexity index is 306. The third-order valence-electron chi connectivity index (χ3n) is 2.86. The first kappa shape index (κ1) is 13.1. The molecule has 0 bridgehead atoms. The molecule has 0 aliphatic rings. The molecule has 1 aromatic heterocycles. The van der Waals surface area contributed by atoms with Crippen LogP contribution in [0, 0.1) is 5.82 Å². The highest BCUT2D eigenvalue weighted by Crippen LogP contribution is 2.22. The fourth-order valence-electron chi connectivity index (χ4n) is 1.76. The maximum absolute atomic E-state index is 12.7. The van der Waals surface area contributed by atoms with Crippen LogP contribution in [0.25, 0.3) is 0 Å². The van der Waals surface area contributed by atoms with Crippen LogP contribution >= 0.6 is 0 Å². The summed E-state index contributed by atoms with van der Waals surface area (Å²) in [6.45, 7) is 4.14. The molecule has 16 heavy (non-hydrogen) atoms. The molecule has 1 unspecified atom stereocenters. The van der Waals surface area contributed by atoms with E-state index in [4.69, 9.17) is 5.73 Å². The summed E-state index contributed by atoms with van der Waals surface area (Å²) in [5, 5.41) is 0. The first-order valence-electron chi connectivity index (χ1n) is 5.97. The SMILES string of the molecule is CCCCCCC(C)(N)c1ccc(F)cn1. The second kappa shape index (κ2) is 5.94. The van der Waals surface area contributed by atoms with Crippen LogP contribution in [0.15, 0.2) is 18.3 Å². The van der Waals surface area contributed by atoms with Gasteiger partial charge in [-0.25, -0.2) is 4.39 Å². The van der Waals surface area contributed by atoms with Crippen LogP contribution in [0.2, 0.25) is 0 Å². The van der Waals surface area contributed by atoms with Gasteiger partial charge in [0.15, 0.2) is 0 Å². The van der Waals surface area contributed by atoms with Gasteiger partial charge in [-0.05, 0) is 25.5 Å². The molecule has 0 spiro atoms. The van der Waals surface area contributed by atoms with Crippen LogP contribution in [0.4, 0.5) is 4.39 Å². The Morgan fingerprint density at radius 1 is 1.31 bits per heavy atom. The Balaban J connectivity index is 2.52. The van der Waals surface area contributed by atoms with Crippen LogP contribution in [-0.4, -0.2) is 4.98 Å². The van der Waals surface area contributed by atoms with Gasteiger partial charge in [-0.3, -0.25) is 4.98 Å². The standard InChI is InChI=1S/C13H21FN2/c1-3-4-5-6-9-13(2,15)12-8-7-11(14)10-16-12/h7-8,10H,3-6,9,15H2,1-2H3. The van der Waals surface area contributed by atoms with E-state index in [9.17, 15) is 4.39 Å². The zero-order valence-electron chi connectivity index (χ0n) is 10.2. The van der Waals surface area contributed by atoms with E-state index in [1.54, 1.807) is 6.07 Å².